The van der Waals surface area contributed by atoms with Crippen LogP contribution in [0.4, 0.5) is 0 Å². The number of rotatable bonds is 3. The number of nitrogens with one attached hydrogen (secondary N) is 1. The number of carbonyl (C=O) groups excluding carboxylic acids is 1. The first-order valence-corrected chi connectivity index (χ1v) is 8.91. The fourth-order valence-electron chi connectivity index (χ4n) is 4.00. The van der Waals surface area contributed by atoms with Crippen molar-refractivity contribution >= 4 is 28.2 Å². The fraction of sp³-hybridized carbons (Fsp3) is 0.227. The zero-order chi connectivity index (χ0) is 19.0. The van der Waals surface area contributed by atoms with Crippen LogP contribution in [-0.2, 0) is 9.53 Å². The molecule has 2 unspecified atom stereocenters. The molecule has 1 aliphatic rings. The van der Waals surface area contributed by atoms with E-state index in [9.17, 15) is 4.79 Å². The summed E-state index contributed by atoms with van der Waals surface area (Å²) in [6.07, 6.45) is 5.49. The van der Waals surface area contributed by atoms with Crippen LogP contribution in [0.5, 0.6) is 0 Å². The van der Waals surface area contributed by atoms with Crippen molar-refractivity contribution in [2.45, 2.75) is 19.8 Å². The van der Waals surface area contributed by atoms with Crippen molar-refractivity contribution in [3.05, 3.63) is 71.8 Å². The van der Waals surface area contributed by atoms with Crippen molar-refractivity contribution in [1.82, 2.24) is 9.97 Å². The third kappa shape index (κ3) is 2.95. The number of nitrogens with zero attached hydrogens (tertiary/aromatic N) is 2. The lowest BCUT2D eigenvalue weighted by Gasteiger charge is -2.32. The van der Waals surface area contributed by atoms with Gasteiger partial charge in [0.15, 0.2) is 0 Å². The van der Waals surface area contributed by atoms with E-state index in [2.05, 4.69) is 33.2 Å². The van der Waals surface area contributed by atoms with Crippen LogP contribution in [0.15, 0.2) is 65.7 Å². The molecular formula is C22H21N3O2. The van der Waals surface area contributed by atoms with Crippen molar-refractivity contribution in [2.24, 2.45) is 10.9 Å². The summed E-state index contributed by atoms with van der Waals surface area (Å²) >= 11 is 0. The molecule has 1 N–H and O–H groups in total. The van der Waals surface area contributed by atoms with E-state index in [1.807, 2.05) is 44.4 Å². The second-order valence-corrected chi connectivity index (χ2v) is 6.80. The third-order valence-electron chi connectivity index (χ3n) is 5.19. The number of pyridine rings is 1. The standard InChI is InChI=1S/C22H21N3O2/c1-13-19(17-5-4-9-23-12-17)21(20(14(2)25-13)22(26)27-3)16-6-7-18-15(11-16)8-10-24-18/h4-12,20-21,24H,1-3H3. The van der Waals surface area contributed by atoms with Gasteiger partial charge in [0.25, 0.3) is 0 Å². The molecule has 3 heterocycles. The first-order chi connectivity index (χ1) is 13.1. The number of allylic oxidation sites excluding steroid dienone is 2. The Kier molecular flexibility index (Phi) is 4.36. The van der Waals surface area contributed by atoms with E-state index >= 15 is 0 Å². The molecule has 1 aromatic carbocycles. The molecule has 5 heteroatoms. The number of ether oxygens (including phenoxy) is 1. The molecule has 0 fully saturated rings. The minimum absolute atomic E-state index is 0.182. The van der Waals surface area contributed by atoms with Crippen LogP contribution in [-0.4, -0.2) is 28.8 Å². The predicted octanol–water partition coefficient (Wildman–Crippen LogP) is 4.34. The maximum absolute atomic E-state index is 12.7. The minimum Gasteiger partial charge on any atom is -0.468 e. The second kappa shape index (κ2) is 6.83. The summed E-state index contributed by atoms with van der Waals surface area (Å²) in [5, 5.41) is 1.11. The Hall–Kier alpha value is -3.21. The lowest BCUT2D eigenvalue weighted by atomic mass is 9.73. The Morgan fingerprint density at radius 3 is 2.78 bits per heavy atom. The normalized spacial score (nSPS) is 19.9. The molecular weight excluding hydrogens is 338 g/mol. The Balaban J connectivity index is 1.95. The van der Waals surface area contributed by atoms with E-state index in [-0.39, 0.29) is 11.9 Å². The number of aromatic amines is 1. The highest BCUT2D eigenvalue weighted by Crippen LogP contribution is 2.44. The van der Waals surface area contributed by atoms with Gasteiger partial charge in [-0.15, -0.1) is 0 Å². The van der Waals surface area contributed by atoms with E-state index in [1.54, 1.807) is 6.20 Å². The van der Waals surface area contributed by atoms with Gasteiger partial charge < -0.3 is 9.72 Å². The number of H-pyrrole nitrogens is 1. The molecule has 2 atom stereocenters. The summed E-state index contributed by atoms with van der Waals surface area (Å²) in [5.74, 6) is -0.923. The summed E-state index contributed by atoms with van der Waals surface area (Å²) in [6, 6.07) is 12.2. The molecule has 2 aromatic heterocycles. The van der Waals surface area contributed by atoms with Crippen LogP contribution in [0.1, 0.15) is 30.9 Å². The van der Waals surface area contributed by atoms with Crippen molar-refractivity contribution in [2.75, 3.05) is 7.11 Å². The molecule has 0 radical (unpaired) electrons. The Labute approximate surface area is 157 Å². The second-order valence-electron chi connectivity index (χ2n) is 6.80. The highest BCUT2D eigenvalue weighted by atomic mass is 16.5. The number of hydrogen-bond acceptors (Lipinski definition) is 4. The number of aliphatic imine (C=N–C) groups is 1. The number of carbonyl (C=O) groups is 1. The summed E-state index contributed by atoms with van der Waals surface area (Å²) in [4.78, 5) is 24.9. The lowest BCUT2D eigenvalue weighted by molar-refractivity contribution is -0.143. The highest BCUT2D eigenvalue weighted by molar-refractivity contribution is 6.06. The van der Waals surface area contributed by atoms with Gasteiger partial charge in [-0.2, -0.15) is 0 Å². The highest BCUT2D eigenvalue weighted by Gasteiger charge is 2.39. The van der Waals surface area contributed by atoms with E-state index < -0.39 is 5.92 Å². The van der Waals surface area contributed by atoms with Crippen LogP contribution >= 0.6 is 0 Å². The van der Waals surface area contributed by atoms with Crippen molar-refractivity contribution < 1.29 is 9.53 Å². The minimum atomic E-state index is -0.467. The molecule has 1 aliphatic heterocycles. The van der Waals surface area contributed by atoms with E-state index in [0.717, 1.165) is 39.0 Å². The molecule has 5 nitrogen and oxygen atoms in total. The van der Waals surface area contributed by atoms with E-state index in [4.69, 9.17) is 4.74 Å². The zero-order valence-electron chi connectivity index (χ0n) is 15.6. The van der Waals surface area contributed by atoms with Gasteiger partial charge in [-0.25, -0.2) is 0 Å². The topological polar surface area (TPSA) is 67.3 Å². The third-order valence-corrected chi connectivity index (χ3v) is 5.19. The maximum atomic E-state index is 12.7. The first-order valence-electron chi connectivity index (χ1n) is 8.91. The van der Waals surface area contributed by atoms with Gasteiger partial charge in [0, 0.05) is 41.4 Å². The molecule has 0 spiro atoms. The molecule has 0 saturated carbocycles. The molecule has 0 aliphatic carbocycles. The van der Waals surface area contributed by atoms with Gasteiger partial charge in [-0.3, -0.25) is 14.8 Å². The molecule has 0 bridgehead atoms. The molecule has 0 saturated heterocycles. The molecule has 4 rings (SSSR count). The largest absolute Gasteiger partial charge is 0.468 e. The number of esters is 1. The van der Waals surface area contributed by atoms with Gasteiger partial charge in [0.1, 0.15) is 5.92 Å². The molecule has 0 amide bonds. The first kappa shape index (κ1) is 17.2. The zero-order valence-corrected chi connectivity index (χ0v) is 15.6. The van der Waals surface area contributed by atoms with Crippen molar-refractivity contribution in [3.8, 4) is 0 Å². The quantitative estimate of drug-likeness (QED) is 0.707. The SMILES string of the molecule is COC(=O)C1C(C)=NC(C)=C(c2cccnc2)C1c1ccc2[nH]ccc2c1. The van der Waals surface area contributed by atoms with Crippen molar-refractivity contribution in [1.29, 1.82) is 0 Å². The number of fused-ring (bicyclic) bond motifs is 1. The average molecular weight is 359 g/mol. The molecule has 27 heavy (non-hydrogen) atoms. The Bertz CT molecular complexity index is 1060. The predicted molar refractivity (Wildman–Crippen MR) is 106 cm³/mol. The van der Waals surface area contributed by atoms with E-state index in [1.165, 1.54) is 7.11 Å². The van der Waals surface area contributed by atoms with Crippen LogP contribution in [0.25, 0.3) is 16.5 Å². The number of benzene rings is 1. The smallest absolute Gasteiger partial charge is 0.315 e. The molecule has 3 aromatic rings. The Morgan fingerprint density at radius 2 is 2.04 bits per heavy atom. The van der Waals surface area contributed by atoms with Crippen molar-refractivity contribution in [3.63, 3.8) is 0 Å². The van der Waals surface area contributed by atoms with Gasteiger partial charge in [0.2, 0.25) is 0 Å². The summed E-state index contributed by atoms with van der Waals surface area (Å²) in [6.45, 7) is 3.88. The fourth-order valence-corrected chi connectivity index (χ4v) is 4.00. The van der Waals surface area contributed by atoms with Gasteiger partial charge in [0.05, 0.1) is 7.11 Å². The van der Waals surface area contributed by atoms with Gasteiger partial charge in [-0.1, -0.05) is 12.1 Å². The van der Waals surface area contributed by atoms with E-state index in [0.29, 0.717) is 0 Å². The van der Waals surface area contributed by atoms with Crippen LogP contribution in [0, 0.1) is 5.92 Å². The molecule has 136 valence electrons. The van der Waals surface area contributed by atoms with Crippen LogP contribution < -0.4 is 0 Å². The average Bonchev–Trinajstić information content (AvgIpc) is 3.15. The van der Waals surface area contributed by atoms with Crippen LogP contribution in [0.3, 0.4) is 0 Å². The van der Waals surface area contributed by atoms with Crippen LogP contribution in [0.2, 0.25) is 0 Å². The number of aromatic nitrogens is 2. The number of methoxy groups -OCH3 is 1. The monoisotopic (exact) mass is 359 g/mol. The lowest BCUT2D eigenvalue weighted by Crippen LogP contribution is -2.33. The summed E-state index contributed by atoms with van der Waals surface area (Å²) < 4.78 is 5.14. The Morgan fingerprint density at radius 1 is 1.19 bits per heavy atom. The number of hydrogen-bond donors (Lipinski definition) is 1. The summed E-state index contributed by atoms with van der Waals surface area (Å²) in [5.41, 5.74) is 5.78. The van der Waals surface area contributed by atoms with Gasteiger partial charge >= 0.3 is 5.97 Å². The maximum Gasteiger partial charge on any atom is 0.315 e. The van der Waals surface area contributed by atoms with Gasteiger partial charge in [-0.05, 0) is 60.2 Å². The summed E-state index contributed by atoms with van der Waals surface area (Å²) in [7, 11) is 1.43.